The van der Waals surface area contributed by atoms with Crippen LogP contribution in [0.4, 0.5) is 0 Å². The van der Waals surface area contributed by atoms with Crippen LogP contribution < -0.4 is 10.9 Å². The Hall–Kier alpha value is -1.72. The summed E-state index contributed by atoms with van der Waals surface area (Å²) in [6.07, 6.45) is 1.76. The van der Waals surface area contributed by atoms with Gasteiger partial charge >= 0.3 is 0 Å². The van der Waals surface area contributed by atoms with Crippen LogP contribution in [0.3, 0.4) is 0 Å². The molecule has 1 heterocycles. The highest BCUT2D eigenvalue weighted by molar-refractivity contribution is 5.80. The van der Waals surface area contributed by atoms with E-state index in [1.54, 1.807) is 6.20 Å². The third-order valence-electron chi connectivity index (χ3n) is 3.76. The van der Waals surface area contributed by atoms with Gasteiger partial charge in [-0.3, -0.25) is 4.79 Å². The molecule has 5 heteroatoms. The summed E-state index contributed by atoms with van der Waals surface area (Å²) in [7, 11) is 0. The van der Waals surface area contributed by atoms with Crippen molar-refractivity contribution in [1.29, 1.82) is 0 Å². The van der Waals surface area contributed by atoms with Gasteiger partial charge in [0.05, 0.1) is 18.1 Å². The molecule has 2 aromatic rings. The van der Waals surface area contributed by atoms with Gasteiger partial charge in [-0.25, -0.2) is 4.68 Å². The summed E-state index contributed by atoms with van der Waals surface area (Å²) in [6, 6.07) is 7.57. The molecule has 114 valence electrons. The molecule has 0 fully saturated rings. The van der Waals surface area contributed by atoms with Crippen molar-refractivity contribution in [3.63, 3.8) is 0 Å². The minimum absolute atomic E-state index is 0.0151. The Morgan fingerprint density at radius 3 is 2.71 bits per heavy atom. The van der Waals surface area contributed by atoms with E-state index in [1.807, 2.05) is 24.3 Å². The summed E-state index contributed by atoms with van der Waals surface area (Å²) < 4.78 is 1.53. The highest BCUT2D eigenvalue weighted by Crippen LogP contribution is 2.05. The molecule has 5 nitrogen and oxygen atoms in total. The Kier molecular flexibility index (Phi) is 5.90. The normalized spacial score (nSPS) is 11.4. The molecular formula is C16H24N4O. The van der Waals surface area contributed by atoms with Crippen molar-refractivity contribution in [3.05, 3.63) is 40.8 Å². The fourth-order valence-corrected chi connectivity index (χ4v) is 2.37. The molecule has 0 bridgehead atoms. The lowest BCUT2D eigenvalue weighted by Gasteiger charge is -2.18. The van der Waals surface area contributed by atoms with Gasteiger partial charge in [-0.15, -0.1) is 0 Å². The number of nitrogens with zero attached hydrogens (tertiary/aromatic N) is 3. The first kappa shape index (κ1) is 15.7. The van der Waals surface area contributed by atoms with E-state index in [1.165, 1.54) is 4.68 Å². The molecule has 0 aliphatic heterocycles. The van der Waals surface area contributed by atoms with Gasteiger partial charge in [0.1, 0.15) is 0 Å². The Morgan fingerprint density at radius 2 is 1.95 bits per heavy atom. The molecule has 0 radical (unpaired) electrons. The van der Waals surface area contributed by atoms with Gasteiger partial charge in [0, 0.05) is 25.0 Å². The molecule has 1 aromatic carbocycles. The fraction of sp³-hybridized carbons (Fsp3) is 0.500. The van der Waals surface area contributed by atoms with Crippen LogP contribution in [0.2, 0.25) is 0 Å². The number of hydrogen-bond acceptors (Lipinski definition) is 4. The maximum Gasteiger partial charge on any atom is 0.274 e. The van der Waals surface area contributed by atoms with E-state index in [2.05, 4.69) is 29.2 Å². The van der Waals surface area contributed by atoms with Gasteiger partial charge in [-0.05, 0) is 19.2 Å². The summed E-state index contributed by atoms with van der Waals surface area (Å²) in [5.74, 6) is 0. The SMILES string of the molecule is CCN(CC)CCNCCn1ncc2ccccc2c1=O. The lowest BCUT2D eigenvalue weighted by molar-refractivity contribution is 0.301. The van der Waals surface area contributed by atoms with Crippen molar-refractivity contribution in [2.75, 3.05) is 32.7 Å². The van der Waals surface area contributed by atoms with Gasteiger partial charge in [0.15, 0.2) is 0 Å². The Balaban J connectivity index is 1.87. The monoisotopic (exact) mass is 288 g/mol. The Labute approximate surface area is 125 Å². The third-order valence-corrected chi connectivity index (χ3v) is 3.76. The second-order valence-corrected chi connectivity index (χ2v) is 5.04. The van der Waals surface area contributed by atoms with E-state index in [4.69, 9.17) is 0 Å². The fourth-order valence-electron chi connectivity index (χ4n) is 2.37. The van der Waals surface area contributed by atoms with E-state index in [9.17, 15) is 4.79 Å². The summed E-state index contributed by atoms with van der Waals surface area (Å²) in [5.41, 5.74) is -0.0151. The molecule has 0 unspecified atom stereocenters. The largest absolute Gasteiger partial charge is 0.314 e. The number of likely N-dealkylation sites (N-methyl/N-ethyl adjacent to an activating group) is 1. The van der Waals surface area contributed by atoms with Crippen LogP contribution in [-0.4, -0.2) is 47.4 Å². The lowest BCUT2D eigenvalue weighted by atomic mass is 10.2. The van der Waals surface area contributed by atoms with Crippen LogP contribution in [0.5, 0.6) is 0 Å². The second kappa shape index (κ2) is 7.90. The highest BCUT2D eigenvalue weighted by atomic mass is 16.1. The second-order valence-electron chi connectivity index (χ2n) is 5.04. The van der Waals surface area contributed by atoms with Crippen molar-refractivity contribution in [1.82, 2.24) is 20.0 Å². The quantitative estimate of drug-likeness (QED) is 0.745. The molecule has 0 aliphatic rings. The standard InChI is InChI=1S/C16H24N4O/c1-3-19(4-2)11-9-17-10-12-20-16(21)15-8-6-5-7-14(15)13-18-20/h5-8,13,17H,3-4,9-12H2,1-2H3. The van der Waals surface area contributed by atoms with Crippen LogP contribution in [-0.2, 0) is 6.54 Å². The number of benzene rings is 1. The van der Waals surface area contributed by atoms with Crippen molar-refractivity contribution >= 4 is 10.8 Å². The van der Waals surface area contributed by atoms with Crippen molar-refractivity contribution < 1.29 is 0 Å². The molecule has 0 aliphatic carbocycles. The maximum atomic E-state index is 12.3. The summed E-state index contributed by atoms with van der Waals surface area (Å²) >= 11 is 0. The first-order valence-corrected chi connectivity index (χ1v) is 7.64. The topological polar surface area (TPSA) is 50.2 Å². The summed E-state index contributed by atoms with van der Waals surface area (Å²) in [6.45, 7) is 9.81. The predicted octanol–water partition coefficient (Wildman–Crippen LogP) is 1.33. The van der Waals surface area contributed by atoms with E-state index in [0.717, 1.165) is 43.5 Å². The molecule has 1 aromatic heterocycles. The molecule has 0 spiro atoms. The van der Waals surface area contributed by atoms with Crippen LogP contribution >= 0.6 is 0 Å². The van der Waals surface area contributed by atoms with Crippen molar-refractivity contribution in [2.24, 2.45) is 0 Å². The zero-order valence-electron chi connectivity index (χ0n) is 12.9. The maximum absolute atomic E-state index is 12.3. The molecule has 0 saturated carbocycles. The van der Waals surface area contributed by atoms with Crippen molar-refractivity contribution in [2.45, 2.75) is 20.4 Å². The number of rotatable bonds is 8. The minimum Gasteiger partial charge on any atom is -0.314 e. The average molecular weight is 288 g/mol. The number of aromatic nitrogens is 2. The zero-order chi connectivity index (χ0) is 15.1. The first-order valence-electron chi connectivity index (χ1n) is 7.64. The number of fused-ring (bicyclic) bond motifs is 1. The van der Waals surface area contributed by atoms with Crippen LogP contribution in [0.15, 0.2) is 35.3 Å². The Bertz CT molecular complexity index is 619. The molecule has 21 heavy (non-hydrogen) atoms. The average Bonchev–Trinajstić information content (AvgIpc) is 2.53. The van der Waals surface area contributed by atoms with Gasteiger partial charge < -0.3 is 10.2 Å². The number of hydrogen-bond donors (Lipinski definition) is 1. The van der Waals surface area contributed by atoms with Crippen LogP contribution in [0.25, 0.3) is 10.8 Å². The number of nitrogens with one attached hydrogen (secondary N) is 1. The smallest absolute Gasteiger partial charge is 0.274 e. The highest BCUT2D eigenvalue weighted by Gasteiger charge is 2.03. The molecule has 0 amide bonds. The van der Waals surface area contributed by atoms with Gasteiger partial charge in [0.25, 0.3) is 5.56 Å². The van der Waals surface area contributed by atoms with Gasteiger partial charge in [-0.2, -0.15) is 5.10 Å². The van der Waals surface area contributed by atoms with Crippen LogP contribution in [0.1, 0.15) is 13.8 Å². The zero-order valence-corrected chi connectivity index (χ0v) is 12.9. The van der Waals surface area contributed by atoms with E-state index >= 15 is 0 Å². The van der Waals surface area contributed by atoms with E-state index in [-0.39, 0.29) is 5.56 Å². The minimum atomic E-state index is -0.0151. The van der Waals surface area contributed by atoms with Crippen LogP contribution in [0, 0.1) is 0 Å². The third kappa shape index (κ3) is 4.12. The lowest BCUT2D eigenvalue weighted by Crippen LogP contribution is -2.34. The van der Waals surface area contributed by atoms with E-state index < -0.39 is 0 Å². The first-order chi connectivity index (χ1) is 10.3. The molecule has 2 rings (SSSR count). The van der Waals surface area contributed by atoms with Gasteiger partial charge in [0.2, 0.25) is 0 Å². The van der Waals surface area contributed by atoms with Gasteiger partial charge in [-0.1, -0.05) is 32.0 Å². The molecule has 1 N–H and O–H groups in total. The molecular weight excluding hydrogens is 264 g/mol. The predicted molar refractivity (Wildman–Crippen MR) is 86.7 cm³/mol. The molecule has 0 saturated heterocycles. The summed E-state index contributed by atoms with van der Waals surface area (Å²) in [5, 5.41) is 9.22. The summed E-state index contributed by atoms with van der Waals surface area (Å²) in [4.78, 5) is 14.6. The Morgan fingerprint density at radius 1 is 1.19 bits per heavy atom. The van der Waals surface area contributed by atoms with E-state index in [0.29, 0.717) is 6.54 Å². The molecule has 0 atom stereocenters. The van der Waals surface area contributed by atoms with Crippen molar-refractivity contribution in [3.8, 4) is 0 Å².